The van der Waals surface area contributed by atoms with Crippen LogP contribution in [0.25, 0.3) is 0 Å². The normalized spacial score (nSPS) is 33.0. The van der Waals surface area contributed by atoms with Crippen molar-refractivity contribution in [2.24, 2.45) is 17.8 Å². The van der Waals surface area contributed by atoms with Crippen LogP contribution in [-0.4, -0.2) is 25.3 Å². The van der Waals surface area contributed by atoms with Gasteiger partial charge in [-0.1, -0.05) is 20.3 Å². The molecule has 0 bridgehead atoms. The highest BCUT2D eigenvalue weighted by atomic mass is 16.5. The van der Waals surface area contributed by atoms with Crippen LogP contribution in [0.4, 0.5) is 0 Å². The molecular formula is C13H27NO. The molecule has 1 saturated carbocycles. The van der Waals surface area contributed by atoms with Crippen molar-refractivity contribution in [3.63, 3.8) is 0 Å². The molecular weight excluding hydrogens is 186 g/mol. The van der Waals surface area contributed by atoms with Crippen LogP contribution in [0.5, 0.6) is 0 Å². The number of rotatable bonds is 4. The van der Waals surface area contributed by atoms with E-state index in [1.54, 1.807) is 14.1 Å². The highest BCUT2D eigenvalue weighted by Gasteiger charge is 2.26. The quantitative estimate of drug-likeness (QED) is 0.518. The fourth-order valence-corrected chi connectivity index (χ4v) is 2.93. The van der Waals surface area contributed by atoms with Gasteiger partial charge in [0.1, 0.15) is 0 Å². The van der Waals surface area contributed by atoms with Gasteiger partial charge in [-0.3, -0.25) is 0 Å². The minimum Gasteiger partial charge on any atom is -0.633 e. The maximum Gasteiger partial charge on any atom is 0.0782 e. The van der Waals surface area contributed by atoms with Crippen LogP contribution in [0.3, 0.4) is 0 Å². The number of hydrogen-bond donors (Lipinski definition) is 0. The Hall–Kier alpha value is -0.0800. The summed E-state index contributed by atoms with van der Waals surface area (Å²) in [5.41, 5.74) is 0. The zero-order valence-corrected chi connectivity index (χ0v) is 10.8. The van der Waals surface area contributed by atoms with Crippen molar-refractivity contribution in [3.05, 3.63) is 5.21 Å². The molecule has 1 aliphatic rings. The van der Waals surface area contributed by atoms with E-state index in [-0.39, 0.29) is 4.65 Å². The molecule has 0 saturated heterocycles. The van der Waals surface area contributed by atoms with E-state index < -0.39 is 0 Å². The first-order valence-corrected chi connectivity index (χ1v) is 6.46. The maximum atomic E-state index is 11.5. The van der Waals surface area contributed by atoms with Gasteiger partial charge in [-0.2, -0.15) is 0 Å². The summed E-state index contributed by atoms with van der Waals surface area (Å²) in [5, 5.41) is 11.5. The van der Waals surface area contributed by atoms with Crippen molar-refractivity contribution in [2.75, 3.05) is 20.6 Å². The van der Waals surface area contributed by atoms with Crippen molar-refractivity contribution in [1.82, 2.24) is 0 Å². The zero-order chi connectivity index (χ0) is 11.5. The van der Waals surface area contributed by atoms with Crippen LogP contribution in [0.2, 0.25) is 0 Å². The Morgan fingerprint density at radius 2 is 1.93 bits per heavy atom. The Kier molecular flexibility index (Phi) is 4.60. The molecule has 1 rings (SSSR count). The van der Waals surface area contributed by atoms with Gasteiger partial charge in [0.25, 0.3) is 0 Å². The molecule has 0 N–H and O–H groups in total. The van der Waals surface area contributed by atoms with E-state index in [9.17, 15) is 5.21 Å². The SMILES string of the molecule is CCC1CCC(CC[N+](C)(C)[O-])C[C@@H]1C. The summed E-state index contributed by atoms with van der Waals surface area (Å²) in [5.74, 6) is 2.63. The Balaban J connectivity index is 2.29. The Morgan fingerprint density at radius 3 is 2.40 bits per heavy atom. The van der Waals surface area contributed by atoms with Crippen LogP contribution in [-0.2, 0) is 0 Å². The molecule has 2 heteroatoms. The number of hydrogen-bond acceptors (Lipinski definition) is 1. The summed E-state index contributed by atoms with van der Waals surface area (Å²) in [7, 11) is 3.50. The van der Waals surface area contributed by atoms with E-state index in [2.05, 4.69) is 13.8 Å². The van der Waals surface area contributed by atoms with Crippen molar-refractivity contribution < 1.29 is 4.65 Å². The lowest BCUT2D eigenvalue weighted by atomic mass is 9.73. The number of quaternary nitrogens is 1. The van der Waals surface area contributed by atoms with E-state index in [0.717, 1.165) is 30.7 Å². The molecule has 1 aliphatic carbocycles. The molecule has 0 aromatic carbocycles. The summed E-state index contributed by atoms with van der Waals surface area (Å²) in [4.78, 5) is 0. The molecule has 15 heavy (non-hydrogen) atoms. The molecule has 2 nitrogen and oxygen atoms in total. The first-order valence-electron chi connectivity index (χ1n) is 6.46. The summed E-state index contributed by atoms with van der Waals surface area (Å²) >= 11 is 0. The Labute approximate surface area is 94.8 Å². The lowest BCUT2D eigenvalue weighted by Crippen LogP contribution is -2.35. The van der Waals surface area contributed by atoms with E-state index in [0.29, 0.717) is 0 Å². The molecule has 0 amide bonds. The highest BCUT2D eigenvalue weighted by Crippen LogP contribution is 2.36. The molecule has 3 atom stereocenters. The number of hydroxylamine groups is 3. The average Bonchev–Trinajstić information content (AvgIpc) is 2.14. The minimum atomic E-state index is -0.123. The molecule has 0 aromatic heterocycles. The van der Waals surface area contributed by atoms with Gasteiger partial charge in [-0.25, -0.2) is 0 Å². The van der Waals surface area contributed by atoms with Gasteiger partial charge in [-0.05, 0) is 43.4 Å². The first-order chi connectivity index (χ1) is 6.92. The topological polar surface area (TPSA) is 23.1 Å². The summed E-state index contributed by atoms with van der Waals surface area (Å²) in [6.45, 7) is 5.48. The van der Waals surface area contributed by atoms with Crippen LogP contribution < -0.4 is 0 Å². The lowest BCUT2D eigenvalue weighted by Gasteiger charge is -2.38. The Bertz CT molecular complexity index is 185. The van der Waals surface area contributed by atoms with Gasteiger partial charge in [0, 0.05) is 0 Å². The van der Waals surface area contributed by atoms with Crippen molar-refractivity contribution in [2.45, 2.75) is 46.0 Å². The van der Waals surface area contributed by atoms with Gasteiger partial charge in [0.15, 0.2) is 0 Å². The third-order valence-corrected chi connectivity index (χ3v) is 4.06. The van der Waals surface area contributed by atoms with Crippen LogP contribution >= 0.6 is 0 Å². The lowest BCUT2D eigenvalue weighted by molar-refractivity contribution is -0.840. The fourth-order valence-electron chi connectivity index (χ4n) is 2.93. The predicted octanol–water partition coefficient (Wildman–Crippen LogP) is 3.41. The van der Waals surface area contributed by atoms with Gasteiger partial charge < -0.3 is 9.85 Å². The van der Waals surface area contributed by atoms with Gasteiger partial charge in [0.2, 0.25) is 0 Å². The molecule has 90 valence electrons. The van der Waals surface area contributed by atoms with Gasteiger partial charge in [-0.15, -0.1) is 0 Å². The van der Waals surface area contributed by atoms with Crippen LogP contribution in [0, 0.1) is 23.0 Å². The monoisotopic (exact) mass is 213 g/mol. The van der Waals surface area contributed by atoms with Crippen molar-refractivity contribution in [3.8, 4) is 0 Å². The van der Waals surface area contributed by atoms with Crippen molar-refractivity contribution >= 4 is 0 Å². The predicted molar refractivity (Wildman–Crippen MR) is 65.2 cm³/mol. The highest BCUT2D eigenvalue weighted by molar-refractivity contribution is 4.76. The third-order valence-electron chi connectivity index (χ3n) is 4.06. The zero-order valence-electron chi connectivity index (χ0n) is 10.8. The van der Waals surface area contributed by atoms with Crippen LogP contribution in [0.15, 0.2) is 0 Å². The smallest absolute Gasteiger partial charge is 0.0782 e. The molecule has 0 radical (unpaired) electrons. The largest absolute Gasteiger partial charge is 0.633 e. The molecule has 0 heterocycles. The fraction of sp³-hybridized carbons (Fsp3) is 1.00. The van der Waals surface area contributed by atoms with Crippen LogP contribution in [0.1, 0.15) is 46.0 Å². The molecule has 2 unspecified atom stereocenters. The minimum absolute atomic E-state index is 0.123. The van der Waals surface area contributed by atoms with E-state index in [1.165, 1.54) is 25.7 Å². The third kappa shape index (κ3) is 4.52. The molecule has 0 aromatic rings. The summed E-state index contributed by atoms with van der Waals surface area (Å²) in [6, 6.07) is 0. The second kappa shape index (κ2) is 5.31. The average molecular weight is 213 g/mol. The Morgan fingerprint density at radius 1 is 1.27 bits per heavy atom. The molecule has 0 spiro atoms. The van der Waals surface area contributed by atoms with Gasteiger partial charge in [0.05, 0.1) is 20.6 Å². The molecule has 1 fully saturated rings. The van der Waals surface area contributed by atoms with E-state index >= 15 is 0 Å². The van der Waals surface area contributed by atoms with Gasteiger partial charge >= 0.3 is 0 Å². The molecule has 0 aliphatic heterocycles. The maximum absolute atomic E-state index is 11.5. The number of nitrogens with zero attached hydrogens (tertiary/aromatic N) is 1. The summed E-state index contributed by atoms with van der Waals surface area (Å²) < 4.78 is -0.123. The summed E-state index contributed by atoms with van der Waals surface area (Å²) in [6.07, 6.45) is 6.53. The van der Waals surface area contributed by atoms with E-state index in [4.69, 9.17) is 0 Å². The van der Waals surface area contributed by atoms with E-state index in [1.807, 2.05) is 0 Å². The second-order valence-corrected chi connectivity index (χ2v) is 5.91. The first kappa shape index (κ1) is 13.0. The van der Waals surface area contributed by atoms with Crippen molar-refractivity contribution in [1.29, 1.82) is 0 Å². The second-order valence-electron chi connectivity index (χ2n) is 5.91. The standard InChI is InChI=1S/C13H27NO/c1-5-13-7-6-12(10-11(13)2)8-9-14(3,4)15/h11-13H,5-10H2,1-4H3/t11-,12?,13?/m0/s1.